The smallest absolute Gasteiger partial charge is 0.339 e. The van der Waals surface area contributed by atoms with Crippen LogP contribution < -0.4 is 15.8 Å². The Bertz CT molecular complexity index is 965. The van der Waals surface area contributed by atoms with Crippen molar-refractivity contribution in [2.24, 2.45) is 0 Å². The summed E-state index contributed by atoms with van der Waals surface area (Å²) in [5, 5.41) is 21.7. The summed E-state index contributed by atoms with van der Waals surface area (Å²) in [6.07, 6.45) is -0.246. The number of rotatable bonds is 5. The highest BCUT2D eigenvalue weighted by Crippen LogP contribution is 2.31. The number of benzene rings is 1. The second kappa shape index (κ2) is 8.09. The number of nitrogens with one attached hydrogen (secondary N) is 2. The van der Waals surface area contributed by atoms with Crippen LogP contribution in [0.1, 0.15) is 21.7 Å². The monoisotopic (exact) mass is 388 g/mol. The summed E-state index contributed by atoms with van der Waals surface area (Å²) in [4.78, 5) is 44.2. The number of carboxylic acid groups (broad SMARTS) is 1. The lowest BCUT2D eigenvalue weighted by atomic mass is 10.1. The van der Waals surface area contributed by atoms with E-state index >= 15 is 0 Å². The molecule has 1 aromatic carbocycles. The summed E-state index contributed by atoms with van der Waals surface area (Å²) in [5.74, 6) is -1.76. The first kappa shape index (κ1) is 19.4. The number of aromatic amines is 1. The first-order valence-corrected chi connectivity index (χ1v) is 8.64. The number of H-pyrrole nitrogens is 1. The topological polar surface area (TPSA) is 145 Å². The second-order valence-electron chi connectivity index (χ2n) is 6.33. The van der Waals surface area contributed by atoms with Gasteiger partial charge in [0, 0.05) is 19.2 Å². The second-order valence-corrected chi connectivity index (χ2v) is 6.33. The van der Waals surface area contributed by atoms with Crippen LogP contribution in [0.3, 0.4) is 0 Å². The molecule has 1 aliphatic heterocycles. The first-order chi connectivity index (χ1) is 13.3. The largest absolute Gasteiger partial charge is 0.505 e. The van der Waals surface area contributed by atoms with Gasteiger partial charge in [-0.2, -0.15) is 0 Å². The summed E-state index contributed by atoms with van der Waals surface area (Å²) in [6.45, 7) is 3.87. The zero-order chi connectivity index (χ0) is 20.3. The van der Waals surface area contributed by atoms with E-state index in [0.717, 1.165) is 0 Å². The van der Waals surface area contributed by atoms with Crippen molar-refractivity contribution in [1.82, 2.24) is 9.97 Å². The highest BCUT2D eigenvalue weighted by atomic mass is 16.5. The number of ether oxygens (including phenoxy) is 1. The average molecular weight is 388 g/mol. The normalized spacial score (nSPS) is 14.0. The fourth-order valence-electron chi connectivity index (χ4n) is 2.89. The lowest BCUT2D eigenvalue weighted by Crippen LogP contribution is -2.37. The molecular formula is C18H20N4O6. The molecule has 1 aliphatic rings. The van der Waals surface area contributed by atoms with Gasteiger partial charge in [-0.05, 0) is 18.6 Å². The van der Waals surface area contributed by atoms with Crippen molar-refractivity contribution in [1.29, 1.82) is 0 Å². The third-order valence-corrected chi connectivity index (χ3v) is 4.32. The molecule has 0 radical (unpaired) electrons. The van der Waals surface area contributed by atoms with E-state index in [0.29, 0.717) is 37.7 Å². The predicted octanol–water partition coefficient (Wildman–Crippen LogP) is 0.500. The van der Waals surface area contributed by atoms with Crippen molar-refractivity contribution in [3.63, 3.8) is 0 Å². The number of anilines is 2. The van der Waals surface area contributed by atoms with E-state index in [9.17, 15) is 19.5 Å². The quantitative estimate of drug-likeness (QED) is 0.542. The van der Waals surface area contributed by atoms with Crippen LogP contribution in [-0.4, -0.2) is 58.4 Å². The summed E-state index contributed by atoms with van der Waals surface area (Å²) >= 11 is 0. The Hall–Kier alpha value is -3.40. The molecular weight excluding hydrogens is 368 g/mol. The molecule has 10 nitrogen and oxygen atoms in total. The van der Waals surface area contributed by atoms with Gasteiger partial charge in [-0.15, -0.1) is 0 Å². The Morgan fingerprint density at radius 3 is 2.71 bits per heavy atom. The first-order valence-electron chi connectivity index (χ1n) is 8.64. The lowest BCUT2D eigenvalue weighted by Gasteiger charge is -2.27. The standard InChI is InChI=1S/C18H20N4O6/c1-10-2-3-11(18(26)27)17(25)16(10)21-14(23)8-12-19-13(9-15(24)20-12)22-4-6-28-7-5-22/h2-3,9,25H,4-8H2,1H3,(H,21,23)(H,26,27)(H,19,20,24). The van der Waals surface area contributed by atoms with E-state index < -0.39 is 17.6 Å². The van der Waals surface area contributed by atoms with Gasteiger partial charge < -0.3 is 30.2 Å². The zero-order valence-corrected chi connectivity index (χ0v) is 15.2. The van der Waals surface area contributed by atoms with Crippen LogP contribution in [0, 0.1) is 6.92 Å². The van der Waals surface area contributed by atoms with E-state index in [1.54, 1.807) is 6.92 Å². The van der Waals surface area contributed by atoms with Gasteiger partial charge in [-0.1, -0.05) is 6.07 Å². The minimum absolute atomic E-state index is 0.0107. The number of aromatic carboxylic acids is 1. The van der Waals surface area contributed by atoms with Gasteiger partial charge in [0.25, 0.3) is 5.56 Å². The van der Waals surface area contributed by atoms with E-state index in [1.165, 1.54) is 18.2 Å². The summed E-state index contributed by atoms with van der Waals surface area (Å²) in [5.41, 5.74) is -0.191. The fraction of sp³-hybridized carbons (Fsp3) is 0.333. The summed E-state index contributed by atoms with van der Waals surface area (Å²) < 4.78 is 5.28. The van der Waals surface area contributed by atoms with Crippen molar-refractivity contribution in [2.75, 3.05) is 36.5 Å². The van der Waals surface area contributed by atoms with E-state index in [4.69, 9.17) is 9.84 Å². The molecule has 28 heavy (non-hydrogen) atoms. The number of morpholine rings is 1. The molecule has 0 spiro atoms. The number of carbonyl (C=O) groups excluding carboxylic acids is 1. The summed E-state index contributed by atoms with van der Waals surface area (Å²) in [7, 11) is 0. The van der Waals surface area contributed by atoms with E-state index in [2.05, 4.69) is 15.3 Å². The molecule has 0 bridgehead atoms. The molecule has 3 rings (SSSR count). The maximum absolute atomic E-state index is 12.4. The third kappa shape index (κ3) is 4.29. The van der Waals surface area contributed by atoms with Crippen molar-refractivity contribution in [2.45, 2.75) is 13.3 Å². The number of carbonyl (C=O) groups is 2. The zero-order valence-electron chi connectivity index (χ0n) is 15.2. The van der Waals surface area contributed by atoms with Gasteiger partial charge in [-0.25, -0.2) is 9.78 Å². The van der Waals surface area contributed by atoms with E-state index in [1.807, 2.05) is 4.90 Å². The predicted molar refractivity (Wildman–Crippen MR) is 100 cm³/mol. The number of aryl methyl sites for hydroxylation is 1. The molecule has 1 amide bonds. The number of hydrogen-bond donors (Lipinski definition) is 4. The van der Waals surface area contributed by atoms with Crippen LogP contribution in [0.4, 0.5) is 11.5 Å². The molecule has 10 heteroatoms. The third-order valence-electron chi connectivity index (χ3n) is 4.32. The number of carboxylic acids is 1. The van der Waals surface area contributed by atoms with Gasteiger partial charge in [0.2, 0.25) is 5.91 Å². The Morgan fingerprint density at radius 1 is 1.32 bits per heavy atom. The van der Waals surface area contributed by atoms with Gasteiger partial charge in [0.15, 0.2) is 5.75 Å². The van der Waals surface area contributed by atoms with Crippen LogP contribution in [-0.2, 0) is 16.0 Å². The van der Waals surface area contributed by atoms with Gasteiger partial charge in [0.1, 0.15) is 17.2 Å². The average Bonchev–Trinajstić information content (AvgIpc) is 2.65. The van der Waals surface area contributed by atoms with Gasteiger partial charge >= 0.3 is 5.97 Å². The molecule has 2 aromatic rings. The van der Waals surface area contributed by atoms with Crippen molar-refractivity contribution in [3.8, 4) is 5.75 Å². The number of nitrogens with zero attached hydrogens (tertiary/aromatic N) is 2. The number of aromatic hydroxyl groups is 1. The summed E-state index contributed by atoms with van der Waals surface area (Å²) in [6, 6.07) is 4.10. The highest BCUT2D eigenvalue weighted by molar-refractivity contribution is 5.99. The van der Waals surface area contributed by atoms with Gasteiger partial charge in [0.05, 0.1) is 25.3 Å². The Labute approximate surface area is 159 Å². The van der Waals surface area contributed by atoms with Crippen molar-refractivity contribution in [3.05, 3.63) is 45.5 Å². The molecule has 4 N–H and O–H groups in total. The molecule has 1 aromatic heterocycles. The van der Waals surface area contributed by atoms with Gasteiger partial charge in [-0.3, -0.25) is 9.59 Å². The van der Waals surface area contributed by atoms with Crippen molar-refractivity contribution < 1.29 is 24.5 Å². The van der Waals surface area contributed by atoms with E-state index in [-0.39, 0.29) is 29.1 Å². The minimum atomic E-state index is -1.31. The Balaban J connectivity index is 1.79. The fourth-order valence-corrected chi connectivity index (χ4v) is 2.89. The van der Waals surface area contributed by atoms with Crippen LogP contribution in [0.25, 0.3) is 0 Å². The molecule has 0 aliphatic carbocycles. The number of amides is 1. The molecule has 1 saturated heterocycles. The van der Waals surface area contributed by atoms with Crippen LogP contribution in [0.5, 0.6) is 5.75 Å². The molecule has 2 heterocycles. The molecule has 0 saturated carbocycles. The number of aromatic nitrogens is 2. The SMILES string of the molecule is Cc1ccc(C(=O)O)c(O)c1NC(=O)Cc1nc(N2CCOCC2)cc(=O)[nH]1. The van der Waals surface area contributed by atoms with Crippen molar-refractivity contribution >= 4 is 23.4 Å². The highest BCUT2D eigenvalue weighted by Gasteiger charge is 2.19. The van der Waals surface area contributed by atoms with Crippen LogP contribution in [0.2, 0.25) is 0 Å². The Morgan fingerprint density at radius 2 is 2.04 bits per heavy atom. The molecule has 148 valence electrons. The number of hydrogen-bond acceptors (Lipinski definition) is 7. The number of phenols is 1. The minimum Gasteiger partial charge on any atom is -0.505 e. The molecule has 0 atom stereocenters. The molecule has 0 unspecified atom stereocenters. The molecule has 1 fully saturated rings. The maximum atomic E-state index is 12.4. The van der Waals surface area contributed by atoms with Crippen LogP contribution >= 0.6 is 0 Å². The lowest BCUT2D eigenvalue weighted by molar-refractivity contribution is -0.115. The maximum Gasteiger partial charge on any atom is 0.339 e. The Kier molecular flexibility index (Phi) is 5.59. The van der Waals surface area contributed by atoms with Crippen LogP contribution in [0.15, 0.2) is 23.0 Å².